The molecule has 1 aliphatic rings. The van der Waals surface area contributed by atoms with Crippen molar-refractivity contribution < 1.29 is 98.4 Å². The minimum atomic E-state index is -5.93. The molecule has 0 radical (unpaired) electrons. The van der Waals surface area contributed by atoms with Crippen LogP contribution in [0.2, 0.25) is 0 Å². The summed E-state index contributed by atoms with van der Waals surface area (Å²) in [5, 5.41) is 20.5. The van der Waals surface area contributed by atoms with Gasteiger partial charge in [0.15, 0.2) is 17.4 Å². The Labute approximate surface area is 190 Å². The van der Waals surface area contributed by atoms with Crippen molar-refractivity contribution in [1.82, 2.24) is 19.5 Å². The van der Waals surface area contributed by atoms with Crippen LogP contribution in [0.1, 0.15) is 11.7 Å². The van der Waals surface area contributed by atoms with E-state index in [0.717, 1.165) is 17.2 Å². The van der Waals surface area contributed by atoms with Gasteiger partial charge in [-0.25, -0.2) is 9.97 Å². The number of hydrogen-bond donors (Lipinski definition) is 3. The van der Waals surface area contributed by atoms with Gasteiger partial charge in [0.05, 0.1) is 32.5 Å². The van der Waals surface area contributed by atoms with Gasteiger partial charge in [0.25, 0.3) is 5.56 Å². The van der Waals surface area contributed by atoms with E-state index in [-0.39, 0.29) is 70.3 Å². The Bertz CT molecular complexity index is 997. The van der Waals surface area contributed by atoms with Gasteiger partial charge in [0.2, 0.25) is 0 Å². The minimum absolute atomic E-state index is 0. The monoisotopic (exact) mass is 396 g/mol. The molecule has 0 saturated carbocycles. The Morgan fingerprint density at radius 2 is 2.12 bits per heavy atom. The quantitative estimate of drug-likeness (QED) is 0.331. The normalized spacial score (nSPS) is 35.0. The van der Waals surface area contributed by atoms with Crippen molar-refractivity contribution in [2.24, 2.45) is 0 Å². The van der Waals surface area contributed by atoms with E-state index in [1.54, 1.807) is 0 Å². The van der Waals surface area contributed by atoms with Crippen LogP contribution in [0.4, 0.5) is 0 Å². The van der Waals surface area contributed by atoms with Crippen molar-refractivity contribution in [3.63, 3.8) is 0 Å². The number of aromatic amines is 1. The first-order chi connectivity index (χ1) is 12.2. The zero-order valence-electron chi connectivity index (χ0n) is 16.9. The zero-order chi connectivity index (χ0) is 20.4. The molecule has 1 fully saturated rings. The van der Waals surface area contributed by atoms with Crippen LogP contribution >= 0.6 is 7.82 Å². The molecule has 3 heterocycles. The van der Waals surface area contributed by atoms with Crippen LogP contribution in [-0.2, 0) is 13.8 Å². The second-order valence-corrected chi connectivity index (χ2v) is 5.43. The van der Waals surface area contributed by atoms with Crippen LogP contribution in [0.3, 0.4) is 0 Å². The smallest absolute Gasteiger partial charge is 0.790 e. The molecule has 1 saturated heterocycles. The summed E-state index contributed by atoms with van der Waals surface area (Å²) < 4.78 is 50.8. The molecule has 126 valence electrons. The summed E-state index contributed by atoms with van der Waals surface area (Å²) in [4.78, 5) is 42.8. The molecular formula is C10H11N4Na2O8P. The Balaban J connectivity index is 0.00000210. The zero-order valence-corrected chi connectivity index (χ0v) is 17.8. The molecule has 3 rings (SSSR count). The summed E-state index contributed by atoms with van der Waals surface area (Å²) in [5.41, 5.74) is -1.19. The summed E-state index contributed by atoms with van der Waals surface area (Å²) in [7, 11) is -5.93. The minimum Gasteiger partial charge on any atom is -0.790 e. The number of H-pyrrole nitrogens is 1. The number of aromatic nitrogens is 4. The number of rotatable bonds is 4. The predicted octanol–water partition coefficient (Wildman–Crippen LogP) is -9.41. The molecule has 0 spiro atoms. The second kappa shape index (κ2) is 9.02. The number of phosphoric ester groups is 1. The number of imidazole rings is 1. The number of aliphatic hydroxyl groups is 2. The molecule has 0 aliphatic carbocycles. The second-order valence-electron chi connectivity index (χ2n) is 4.35. The fraction of sp³-hybridized carbons (Fsp3) is 0.500. The summed E-state index contributed by atoms with van der Waals surface area (Å²) >= 11 is 0. The van der Waals surface area contributed by atoms with E-state index in [0.29, 0.717) is 0 Å². The Morgan fingerprint density at radius 1 is 1.44 bits per heavy atom. The summed E-state index contributed by atoms with van der Waals surface area (Å²) in [6, 6.07) is 0. The summed E-state index contributed by atoms with van der Waals surface area (Å²) in [6.45, 7) is -3.61. The van der Waals surface area contributed by atoms with Gasteiger partial charge in [0, 0.05) is 0 Å². The van der Waals surface area contributed by atoms with Crippen molar-refractivity contribution in [1.29, 1.82) is 0 Å². The largest absolute Gasteiger partial charge is 1.00 e. The number of nitrogens with zero attached hydrogens (tertiary/aromatic N) is 3. The molecule has 2 aromatic rings. The van der Waals surface area contributed by atoms with Gasteiger partial charge in [-0.15, -0.1) is 0 Å². The Hall–Kier alpha value is 0.340. The van der Waals surface area contributed by atoms with Gasteiger partial charge >= 0.3 is 59.1 Å². The van der Waals surface area contributed by atoms with Gasteiger partial charge in [-0.3, -0.25) is 9.36 Å². The first-order valence-electron chi connectivity index (χ1n) is 7.92. The molecule has 0 aromatic carbocycles. The molecule has 0 bridgehead atoms. The molecule has 1 aliphatic heterocycles. The van der Waals surface area contributed by atoms with Crippen LogP contribution in [0.25, 0.3) is 11.2 Å². The molecule has 2 aromatic heterocycles. The predicted molar refractivity (Wildman–Crippen MR) is 67.6 cm³/mol. The number of hydrogen-bond acceptors (Lipinski definition) is 10. The molecule has 0 amide bonds. The van der Waals surface area contributed by atoms with E-state index in [2.05, 4.69) is 19.5 Å². The fourth-order valence-corrected chi connectivity index (χ4v) is 2.17. The first kappa shape index (κ1) is 17.4. The maximum atomic E-state index is 11.7. The van der Waals surface area contributed by atoms with E-state index < -0.39 is 44.4 Å². The van der Waals surface area contributed by atoms with E-state index in [9.17, 15) is 29.4 Å². The third kappa shape index (κ3) is 4.99. The Kier molecular flexibility index (Phi) is 6.29. The van der Waals surface area contributed by atoms with Crippen molar-refractivity contribution in [3.8, 4) is 0 Å². The van der Waals surface area contributed by atoms with Gasteiger partial charge in [-0.1, -0.05) is 0 Å². The van der Waals surface area contributed by atoms with Crippen LogP contribution in [0.15, 0.2) is 17.4 Å². The summed E-state index contributed by atoms with van der Waals surface area (Å²) in [6.07, 6.45) is -9.68. The number of phosphoric acid groups is 1. The van der Waals surface area contributed by atoms with E-state index in [1.165, 1.54) is 0 Å². The van der Waals surface area contributed by atoms with Crippen LogP contribution in [-0.4, -0.2) is 54.6 Å². The molecule has 25 heavy (non-hydrogen) atoms. The van der Waals surface area contributed by atoms with Gasteiger partial charge < -0.3 is 38.8 Å². The van der Waals surface area contributed by atoms with E-state index in [1.807, 2.05) is 0 Å². The van der Waals surface area contributed by atoms with Gasteiger partial charge in [0.1, 0.15) is 18.3 Å². The van der Waals surface area contributed by atoms with Crippen LogP contribution in [0.5, 0.6) is 0 Å². The fourth-order valence-electron chi connectivity index (χ4n) is 1.95. The SMILES string of the molecule is [2H]C([2H])(OP(=O)([O-])[O-])[C@H]1O[C@@H](n2cnc3c(=O)[nH]cnc32)[C@]([2H])(O)[C@]1([2H])O.[Na+].[Na+]. The maximum absolute atomic E-state index is 11.7. The third-order valence-electron chi connectivity index (χ3n) is 2.90. The summed E-state index contributed by atoms with van der Waals surface area (Å²) in [5.74, 6) is 0. The number of ether oxygens (including phenoxy) is 1. The van der Waals surface area contributed by atoms with Crippen LogP contribution in [0, 0.1) is 0 Å². The number of fused-ring (bicyclic) bond motifs is 1. The van der Waals surface area contributed by atoms with Crippen molar-refractivity contribution in [2.45, 2.75) is 24.5 Å². The van der Waals surface area contributed by atoms with Gasteiger partial charge in [-0.2, -0.15) is 0 Å². The van der Waals surface area contributed by atoms with E-state index >= 15 is 0 Å². The molecule has 12 nitrogen and oxygen atoms in total. The topological polar surface area (TPSA) is 186 Å². The van der Waals surface area contributed by atoms with Gasteiger partial charge in [-0.05, 0) is 0 Å². The van der Waals surface area contributed by atoms with Crippen molar-refractivity contribution in [3.05, 3.63) is 23.0 Å². The molecular weight excluding hydrogens is 381 g/mol. The molecule has 0 unspecified atom stereocenters. The van der Waals surface area contributed by atoms with Crippen LogP contribution < -0.4 is 74.5 Å². The molecule has 15 heteroatoms. The standard InChI is InChI=1S/C10H13N4O8P.2Na/c15-6-4(1-21-23(18,19)20)22-10(7(6)16)14-3-13-5-8(14)11-2-12-9(5)17;;/h2-4,6-7,10,15-16H,1H2,(H,11,12,17)(H2,18,19,20);;/q;2*+1/p-2/t4-,6-,7-,10-;;/m1../s1/i1D2,6D,7D;;. The van der Waals surface area contributed by atoms with Crippen molar-refractivity contribution >= 4 is 19.0 Å². The molecule has 3 N–H and O–H groups in total. The number of nitrogens with one attached hydrogen (secondary N) is 1. The third-order valence-corrected chi connectivity index (χ3v) is 3.23. The maximum Gasteiger partial charge on any atom is 1.00 e. The molecule has 4 atom stereocenters. The van der Waals surface area contributed by atoms with E-state index in [4.69, 9.17) is 10.2 Å². The Morgan fingerprint density at radius 3 is 2.76 bits per heavy atom. The first-order valence-corrected chi connectivity index (χ1v) is 7.38. The average molecular weight is 396 g/mol. The van der Waals surface area contributed by atoms with Crippen molar-refractivity contribution in [2.75, 3.05) is 6.56 Å². The average Bonchev–Trinajstić information content (AvgIpc) is 2.96.